The lowest BCUT2D eigenvalue weighted by Crippen LogP contribution is -2.24. The monoisotopic (exact) mass is 263 g/mol. The van der Waals surface area contributed by atoms with Gasteiger partial charge >= 0.3 is 0 Å². The maximum Gasteiger partial charge on any atom is 0.129 e. The van der Waals surface area contributed by atoms with Gasteiger partial charge in [-0.15, -0.1) is 0 Å². The van der Waals surface area contributed by atoms with E-state index in [1.165, 1.54) is 24.6 Å². The van der Waals surface area contributed by atoms with E-state index in [2.05, 4.69) is 6.07 Å². The van der Waals surface area contributed by atoms with Gasteiger partial charge in [-0.3, -0.25) is 0 Å². The Kier molecular flexibility index (Phi) is 4.52. The molecule has 1 aromatic carbocycles. The van der Waals surface area contributed by atoms with Gasteiger partial charge < -0.3 is 0 Å². The quantitative estimate of drug-likeness (QED) is 0.754. The third kappa shape index (κ3) is 3.32. The summed E-state index contributed by atoms with van der Waals surface area (Å²) < 4.78 is 27.5. The van der Waals surface area contributed by atoms with E-state index in [4.69, 9.17) is 0 Å². The zero-order valence-electron chi connectivity index (χ0n) is 11.1. The summed E-state index contributed by atoms with van der Waals surface area (Å²) >= 11 is 0. The van der Waals surface area contributed by atoms with Crippen molar-refractivity contribution in [3.05, 3.63) is 35.4 Å². The minimum absolute atomic E-state index is 0.0737. The summed E-state index contributed by atoms with van der Waals surface area (Å²) in [5, 5.41) is 9.51. The Labute approximate surface area is 113 Å². The average Bonchev–Trinajstić information content (AvgIpc) is 2.37. The van der Waals surface area contributed by atoms with E-state index in [0.29, 0.717) is 0 Å². The fourth-order valence-electron chi connectivity index (χ4n) is 2.95. The Morgan fingerprint density at radius 2 is 1.53 bits per heavy atom. The largest absolute Gasteiger partial charge is 0.207 e. The second-order valence-corrected chi connectivity index (χ2v) is 5.54. The molecule has 102 valence electrons. The van der Waals surface area contributed by atoms with Crippen molar-refractivity contribution in [1.82, 2.24) is 0 Å². The van der Waals surface area contributed by atoms with Crippen LogP contribution >= 0.6 is 0 Å². The third-order valence-electron chi connectivity index (χ3n) is 4.12. The molecule has 3 heteroatoms. The maximum atomic E-state index is 13.7. The first-order valence-corrected chi connectivity index (χ1v) is 7.01. The van der Waals surface area contributed by atoms with Gasteiger partial charge in [0.05, 0.1) is 11.5 Å². The summed E-state index contributed by atoms with van der Waals surface area (Å²) in [4.78, 5) is 0. The van der Waals surface area contributed by atoms with Crippen LogP contribution in [0.15, 0.2) is 18.2 Å². The molecule has 1 saturated carbocycles. The summed E-state index contributed by atoms with van der Waals surface area (Å²) in [5.41, 5.74) is -0.520. The SMILES string of the molecule is N#CC1(Cc2c(F)cccc2F)CCCCCCC1. The molecule has 0 N–H and O–H groups in total. The highest BCUT2D eigenvalue weighted by molar-refractivity contribution is 5.23. The van der Waals surface area contributed by atoms with Crippen LogP contribution in [0.2, 0.25) is 0 Å². The lowest BCUT2D eigenvalue weighted by atomic mass is 9.73. The van der Waals surface area contributed by atoms with Gasteiger partial charge in [0.1, 0.15) is 11.6 Å². The van der Waals surface area contributed by atoms with Crippen LogP contribution in [-0.4, -0.2) is 0 Å². The number of hydrogen-bond acceptors (Lipinski definition) is 1. The lowest BCUT2D eigenvalue weighted by Gasteiger charge is -2.29. The standard InChI is InChI=1S/C16H19F2N/c17-14-7-6-8-15(18)13(14)11-16(12-19)9-4-2-1-3-5-10-16/h6-8H,1-5,9-11H2. The number of benzene rings is 1. The number of nitrogens with zero attached hydrogens (tertiary/aromatic N) is 1. The molecule has 0 spiro atoms. The van der Waals surface area contributed by atoms with Crippen LogP contribution in [0.3, 0.4) is 0 Å². The van der Waals surface area contributed by atoms with Gasteiger partial charge in [-0.25, -0.2) is 8.78 Å². The number of hydrogen-bond donors (Lipinski definition) is 0. The summed E-state index contributed by atoms with van der Waals surface area (Å²) in [6, 6.07) is 6.26. The topological polar surface area (TPSA) is 23.8 Å². The van der Waals surface area contributed by atoms with Crippen molar-refractivity contribution in [2.24, 2.45) is 5.41 Å². The first kappa shape index (κ1) is 14.0. The van der Waals surface area contributed by atoms with Gasteiger partial charge in [0.25, 0.3) is 0 Å². The first-order chi connectivity index (χ1) is 9.17. The number of halogens is 2. The molecule has 0 saturated heterocycles. The average molecular weight is 263 g/mol. The Morgan fingerprint density at radius 1 is 1.00 bits per heavy atom. The second kappa shape index (κ2) is 6.14. The van der Waals surface area contributed by atoms with Crippen molar-refractivity contribution >= 4 is 0 Å². The van der Waals surface area contributed by atoms with E-state index in [0.717, 1.165) is 38.5 Å². The summed E-state index contributed by atoms with van der Waals surface area (Å²) in [5.74, 6) is -1.06. The molecule has 1 fully saturated rings. The molecule has 0 atom stereocenters. The van der Waals surface area contributed by atoms with Crippen LogP contribution < -0.4 is 0 Å². The zero-order chi connectivity index (χ0) is 13.7. The van der Waals surface area contributed by atoms with Crippen molar-refractivity contribution in [3.63, 3.8) is 0 Å². The smallest absolute Gasteiger partial charge is 0.129 e. The van der Waals surface area contributed by atoms with Gasteiger partial charge in [-0.1, -0.05) is 38.2 Å². The third-order valence-corrected chi connectivity index (χ3v) is 4.12. The molecule has 1 aliphatic carbocycles. The summed E-state index contributed by atoms with van der Waals surface area (Å²) in [6.07, 6.45) is 7.08. The molecule has 19 heavy (non-hydrogen) atoms. The highest BCUT2D eigenvalue weighted by Gasteiger charge is 2.32. The summed E-state index contributed by atoms with van der Waals surface area (Å²) in [6.45, 7) is 0. The molecular weight excluding hydrogens is 244 g/mol. The predicted molar refractivity (Wildman–Crippen MR) is 70.4 cm³/mol. The van der Waals surface area contributed by atoms with Crippen molar-refractivity contribution in [1.29, 1.82) is 5.26 Å². The Bertz CT molecular complexity index is 448. The van der Waals surface area contributed by atoms with Crippen molar-refractivity contribution < 1.29 is 8.78 Å². The minimum atomic E-state index is -0.594. The van der Waals surface area contributed by atoms with Gasteiger partial charge in [0.2, 0.25) is 0 Å². The second-order valence-electron chi connectivity index (χ2n) is 5.54. The Hall–Kier alpha value is -1.43. The fraction of sp³-hybridized carbons (Fsp3) is 0.562. The highest BCUT2D eigenvalue weighted by atomic mass is 19.1. The van der Waals surface area contributed by atoms with Crippen molar-refractivity contribution in [2.45, 2.75) is 51.4 Å². The van der Waals surface area contributed by atoms with Crippen LogP contribution in [-0.2, 0) is 6.42 Å². The molecular formula is C16H19F2N. The molecule has 0 amide bonds. The molecule has 1 aromatic rings. The van der Waals surface area contributed by atoms with Crippen molar-refractivity contribution in [3.8, 4) is 6.07 Å². The lowest BCUT2D eigenvalue weighted by molar-refractivity contribution is 0.281. The molecule has 0 heterocycles. The fourth-order valence-corrected chi connectivity index (χ4v) is 2.95. The Balaban J connectivity index is 2.24. The molecule has 1 aliphatic rings. The number of rotatable bonds is 2. The summed E-state index contributed by atoms with van der Waals surface area (Å²) in [7, 11) is 0. The molecule has 2 rings (SSSR count). The van der Waals surface area contributed by atoms with E-state index in [1.54, 1.807) is 0 Å². The molecule has 1 nitrogen and oxygen atoms in total. The molecule has 0 radical (unpaired) electrons. The van der Waals surface area contributed by atoms with Crippen LogP contribution in [0, 0.1) is 28.4 Å². The van der Waals surface area contributed by atoms with Crippen molar-refractivity contribution in [2.75, 3.05) is 0 Å². The van der Waals surface area contributed by atoms with E-state index >= 15 is 0 Å². The normalized spacial score (nSPS) is 19.2. The highest BCUT2D eigenvalue weighted by Crippen LogP contribution is 2.37. The van der Waals surface area contributed by atoms with Crippen LogP contribution in [0.4, 0.5) is 8.78 Å². The van der Waals surface area contributed by atoms with E-state index < -0.39 is 17.0 Å². The van der Waals surface area contributed by atoms with Crippen LogP contribution in [0.5, 0.6) is 0 Å². The molecule has 0 aromatic heterocycles. The van der Waals surface area contributed by atoms with Crippen LogP contribution in [0.1, 0.15) is 50.5 Å². The van der Waals surface area contributed by atoms with Crippen LogP contribution in [0.25, 0.3) is 0 Å². The maximum absolute atomic E-state index is 13.7. The van der Waals surface area contributed by atoms with E-state index in [1.807, 2.05) is 0 Å². The molecule has 0 bridgehead atoms. The van der Waals surface area contributed by atoms with Gasteiger partial charge in [0, 0.05) is 5.56 Å². The zero-order valence-corrected chi connectivity index (χ0v) is 11.1. The molecule has 0 unspecified atom stereocenters. The van der Waals surface area contributed by atoms with Gasteiger partial charge in [0.15, 0.2) is 0 Å². The Morgan fingerprint density at radius 3 is 2.05 bits per heavy atom. The van der Waals surface area contributed by atoms with E-state index in [-0.39, 0.29) is 12.0 Å². The number of nitriles is 1. The molecule has 0 aliphatic heterocycles. The van der Waals surface area contributed by atoms with Gasteiger partial charge in [-0.05, 0) is 31.4 Å². The van der Waals surface area contributed by atoms with E-state index in [9.17, 15) is 14.0 Å². The minimum Gasteiger partial charge on any atom is -0.207 e. The first-order valence-electron chi connectivity index (χ1n) is 7.01. The predicted octanol–water partition coefficient (Wildman–Crippen LogP) is 4.76. The van der Waals surface area contributed by atoms with Gasteiger partial charge in [-0.2, -0.15) is 5.26 Å².